The molecule has 1 amide bonds. The molecular formula is C23H26N6O3S. The van der Waals surface area contributed by atoms with E-state index in [0.29, 0.717) is 55.6 Å². The third-order valence-corrected chi connectivity index (χ3v) is 5.73. The van der Waals surface area contributed by atoms with E-state index in [2.05, 4.69) is 31.8 Å². The first-order chi connectivity index (χ1) is 16.2. The van der Waals surface area contributed by atoms with Crippen molar-refractivity contribution in [3.8, 4) is 11.5 Å². The number of nitrogens with zero attached hydrogens (tertiary/aromatic N) is 4. The normalized spacial score (nSPS) is 10.8. The van der Waals surface area contributed by atoms with Crippen LogP contribution in [0.4, 0.5) is 5.82 Å². The molecule has 9 nitrogen and oxygen atoms in total. The van der Waals surface area contributed by atoms with Gasteiger partial charge in [0, 0.05) is 17.0 Å². The predicted octanol–water partition coefficient (Wildman–Crippen LogP) is 3.73. The molecule has 4 rings (SSSR count). The lowest BCUT2D eigenvalue weighted by Gasteiger charge is -2.12. The van der Waals surface area contributed by atoms with Crippen molar-refractivity contribution in [3.05, 3.63) is 58.7 Å². The van der Waals surface area contributed by atoms with Gasteiger partial charge >= 0.3 is 0 Å². The second kappa shape index (κ2) is 10.8. The summed E-state index contributed by atoms with van der Waals surface area (Å²) in [6.07, 6.45) is 3.26. The zero-order valence-corrected chi connectivity index (χ0v) is 19.4. The van der Waals surface area contributed by atoms with Gasteiger partial charge in [0.25, 0.3) is 5.91 Å². The molecule has 3 heterocycles. The quantitative estimate of drug-likeness (QED) is 0.347. The highest BCUT2D eigenvalue weighted by molar-refractivity contribution is 7.09. The predicted molar refractivity (Wildman–Crippen MR) is 128 cm³/mol. The van der Waals surface area contributed by atoms with Gasteiger partial charge in [0.2, 0.25) is 0 Å². The molecule has 0 saturated carbocycles. The van der Waals surface area contributed by atoms with Crippen molar-refractivity contribution in [3.63, 3.8) is 0 Å². The summed E-state index contributed by atoms with van der Waals surface area (Å²) >= 11 is 1.69. The third kappa shape index (κ3) is 5.40. The van der Waals surface area contributed by atoms with E-state index < -0.39 is 0 Å². The minimum Gasteiger partial charge on any atom is -0.490 e. The minimum atomic E-state index is -0.191. The van der Waals surface area contributed by atoms with E-state index in [-0.39, 0.29) is 5.91 Å². The van der Waals surface area contributed by atoms with Crippen LogP contribution in [0.2, 0.25) is 0 Å². The molecule has 0 spiro atoms. The number of ether oxygens (including phenoxy) is 2. The van der Waals surface area contributed by atoms with Crippen LogP contribution in [0.3, 0.4) is 0 Å². The number of hydrogen-bond donors (Lipinski definition) is 2. The molecule has 0 fully saturated rings. The van der Waals surface area contributed by atoms with E-state index in [1.165, 1.54) is 11.2 Å². The average Bonchev–Trinajstić information content (AvgIpc) is 3.49. The molecule has 1 aromatic carbocycles. The molecule has 10 heteroatoms. The van der Waals surface area contributed by atoms with Crippen molar-refractivity contribution in [1.29, 1.82) is 0 Å². The van der Waals surface area contributed by atoms with Crippen LogP contribution in [0, 0.1) is 0 Å². The van der Waals surface area contributed by atoms with Crippen molar-refractivity contribution in [2.24, 2.45) is 0 Å². The fourth-order valence-corrected chi connectivity index (χ4v) is 4.00. The second-order valence-electron chi connectivity index (χ2n) is 7.04. The summed E-state index contributed by atoms with van der Waals surface area (Å²) in [7, 11) is 0. The van der Waals surface area contributed by atoms with Crippen LogP contribution in [0.25, 0.3) is 11.0 Å². The summed E-state index contributed by atoms with van der Waals surface area (Å²) in [5, 5.41) is 13.6. The van der Waals surface area contributed by atoms with Gasteiger partial charge in [-0.25, -0.2) is 14.6 Å². The first-order valence-corrected chi connectivity index (χ1v) is 11.7. The van der Waals surface area contributed by atoms with E-state index in [1.807, 2.05) is 25.3 Å². The smallest absolute Gasteiger partial charge is 0.251 e. The maximum absolute atomic E-state index is 12.6. The van der Waals surface area contributed by atoms with Crippen molar-refractivity contribution in [2.45, 2.75) is 26.9 Å². The summed E-state index contributed by atoms with van der Waals surface area (Å²) in [5.74, 6) is 1.73. The zero-order valence-electron chi connectivity index (χ0n) is 18.6. The van der Waals surface area contributed by atoms with Gasteiger partial charge in [-0.2, -0.15) is 5.10 Å². The Morgan fingerprint density at radius 3 is 2.76 bits per heavy atom. The average molecular weight is 467 g/mol. The topological polar surface area (TPSA) is 103 Å². The summed E-state index contributed by atoms with van der Waals surface area (Å²) < 4.78 is 12.9. The molecule has 172 valence electrons. The van der Waals surface area contributed by atoms with Gasteiger partial charge in [0.05, 0.1) is 37.9 Å². The van der Waals surface area contributed by atoms with E-state index in [0.717, 1.165) is 11.2 Å². The molecule has 0 aliphatic carbocycles. The Labute approximate surface area is 195 Å². The fraction of sp³-hybridized carbons (Fsp3) is 0.304. The first-order valence-electron chi connectivity index (χ1n) is 10.8. The number of carbonyl (C=O) groups is 1. The second-order valence-corrected chi connectivity index (χ2v) is 8.08. The molecule has 2 N–H and O–H groups in total. The van der Waals surface area contributed by atoms with Crippen LogP contribution in [-0.4, -0.2) is 45.4 Å². The zero-order chi connectivity index (χ0) is 23.0. The minimum absolute atomic E-state index is 0.191. The highest BCUT2D eigenvalue weighted by atomic mass is 32.1. The van der Waals surface area contributed by atoms with Crippen LogP contribution >= 0.6 is 11.3 Å². The van der Waals surface area contributed by atoms with Crippen LogP contribution in [0.15, 0.2) is 48.2 Å². The number of amides is 1. The fourth-order valence-electron chi connectivity index (χ4n) is 3.35. The molecule has 0 radical (unpaired) electrons. The summed E-state index contributed by atoms with van der Waals surface area (Å²) in [6, 6.07) is 9.28. The highest BCUT2D eigenvalue weighted by Gasteiger charge is 2.13. The van der Waals surface area contributed by atoms with Crippen molar-refractivity contribution < 1.29 is 14.3 Å². The number of hydrogen-bond acceptors (Lipinski definition) is 8. The lowest BCUT2D eigenvalue weighted by Crippen LogP contribution is -2.27. The third-order valence-electron chi connectivity index (χ3n) is 4.86. The molecule has 33 heavy (non-hydrogen) atoms. The maximum atomic E-state index is 12.6. The monoisotopic (exact) mass is 466 g/mol. The van der Waals surface area contributed by atoms with E-state index >= 15 is 0 Å². The molecule has 0 aliphatic heterocycles. The summed E-state index contributed by atoms with van der Waals surface area (Å²) in [4.78, 5) is 22.6. The standard InChI is InChI=1S/C23H26N6O3S/c1-3-31-19-8-7-16(12-20(19)32-4-2)23(30)24-9-10-29-22-18(14-28-29)21(26-15-27-22)25-13-17-6-5-11-33-17/h5-8,11-12,14-15H,3-4,9-10,13H2,1-2H3,(H,24,30)(H,25,26,27). The van der Waals surface area contributed by atoms with Crippen molar-refractivity contribution in [2.75, 3.05) is 25.1 Å². The Morgan fingerprint density at radius 1 is 1.12 bits per heavy atom. The number of rotatable bonds is 11. The number of nitrogens with one attached hydrogen (secondary N) is 2. The van der Waals surface area contributed by atoms with Crippen LogP contribution in [0.1, 0.15) is 29.1 Å². The van der Waals surface area contributed by atoms with Gasteiger partial charge in [-0.3, -0.25) is 4.79 Å². The van der Waals surface area contributed by atoms with Gasteiger partial charge in [-0.05, 0) is 43.5 Å². The number of anilines is 1. The van der Waals surface area contributed by atoms with Crippen LogP contribution < -0.4 is 20.1 Å². The SMILES string of the molecule is CCOc1ccc(C(=O)NCCn2ncc3c(NCc4cccs4)ncnc32)cc1OCC. The molecule has 0 saturated heterocycles. The van der Waals surface area contributed by atoms with Crippen molar-refractivity contribution in [1.82, 2.24) is 25.1 Å². The first kappa shape index (κ1) is 22.5. The Bertz CT molecular complexity index is 1210. The number of thiophene rings is 1. The number of benzene rings is 1. The highest BCUT2D eigenvalue weighted by Crippen LogP contribution is 2.28. The van der Waals surface area contributed by atoms with Crippen molar-refractivity contribution >= 4 is 34.1 Å². The lowest BCUT2D eigenvalue weighted by molar-refractivity contribution is 0.0951. The van der Waals surface area contributed by atoms with Gasteiger partial charge in [0.1, 0.15) is 12.1 Å². The van der Waals surface area contributed by atoms with Crippen LogP contribution in [-0.2, 0) is 13.1 Å². The molecule has 0 atom stereocenters. The molecule has 3 aromatic heterocycles. The van der Waals surface area contributed by atoms with Gasteiger partial charge in [-0.1, -0.05) is 6.07 Å². The maximum Gasteiger partial charge on any atom is 0.251 e. The molecule has 4 aromatic rings. The van der Waals surface area contributed by atoms with Gasteiger partial charge in [-0.15, -0.1) is 11.3 Å². The lowest BCUT2D eigenvalue weighted by atomic mass is 10.2. The van der Waals surface area contributed by atoms with Gasteiger partial charge in [0.15, 0.2) is 17.1 Å². The van der Waals surface area contributed by atoms with E-state index in [9.17, 15) is 4.79 Å². The van der Waals surface area contributed by atoms with E-state index in [1.54, 1.807) is 40.4 Å². The number of carbonyl (C=O) groups excluding carboxylic acids is 1. The van der Waals surface area contributed by atoms with Gasteiger partial charge < -0.3 is 20.1 Å². The molecule has 0 bridgehead atoms. The summed E-state index contributed by atoms with van der Waals surface area (Å²) in [5.41, 5.74) is 1.22. The Morgan fingerprint density at radius 2 is 1.97 bits per heavy atom. The van der Waals surface area contributed by atoms with Crippen LogP contribution in [0.5, 0.6) is 11.5 Å². The molecule has 0 aliphatic rings. The molecule has 0 unspecified atom stereocenters. The largest absolute Gasteiger partial charge is 0.490 e. The Hall–Kier alpha value is -3.66. The summed E-state index contributed by atoms with van der Waals surface area (Å²) in [6.45, 7) is 6.38. The number of aromatic nitrogens is 4. The molecular weight excluding hydrogens is 440 g/mol. The Balaban J connectivity index is 1.38. The Kier molecular flexibility index (Phi) is 7.36. The van der Waals surface area contributed by atoms with E-state index in [4.69, 9.17) is 9.47 Å². The number of fused-ring (bicyclic) bond motifs is 1.